The highest BCUT2D eigenvalue weighted by Crippen LogP contribution is 2.37. The summed E-state index contributed by atoms with van der Waals surface area (Å²) in [5.74, 6) is -0.187. The van der Waals surface area contributed by atoms with Gasteiger partial charge in [0, 0.05) is 5.69 Å². The lowest BCUT2D eigenvalue weighted by Gasteiger charge is -2.40. The Morgan fingerprint density at radius 1 is 1.59 bits per heavy atom. The Morgan fingerprint density at radius 3 is 2.94 bits per heavy atom. The zero-order valence-electron chi connectivity index (χ0n) is 9.93. The molecular weight excluding hydrogens is 220 g/mol. The van der Waals surface area contributed by atoms with Gasteiger partial charge in [0.15, 0.2) is 0 Å². The molecular formula is C12H16N2O3. The second-order valence-electron chi connectivity index (χ2n) is 4.84. The third kappa shape index (κ3) is 2.43. The zero-order chi connectivity index (χ0) is 12.6. The predicted octanol–water partition coefficient (Wildman–Crippen LogP) is 1.33. The summed E-state index contributed by atoms with van der Waals surface area (Å²) in [7, 11) is 0. The van der Waals surface area contributed by atoms with Crippen LogP contribution in [0.2, 0.25) is 0 Å². The summed E-state index contributed by atoms with van der Waals surface area (Å²) in [5, 5.41) is 8.92. The van der Waals surface area contributed by atoms with E-state index in [1.54, 1.807) is 23.1 Å². The summed E-state index contributed by atoms with van der Waals surface area (Å²) < 4.78 is 5.80. The van der Waals surface area contributed by atoms with Crippen LogP contribution in [0.25, 0.3) is 0 Å². The van der Waals surface area contributed by atoms with Crippen molar-refractivity contribution in [3.8, 4) is 5.75 Å². The van der Waals surface area contributed by atoms with Gasteiger partial charge in [0.2, 0.25) is 0 Å². The molecule has 1 aromatic carbocycles. The fourth-order valence-corrected chi connectivity index (χ4v) is 2.05. The summed E-state index contributed by atoms with van der Waals surface area (Å²) in [6.07, 6.45) is 0. The van der Waals surface area contributed by atoms with Crippen molar-refractivity contribution >= 4 is 17.3 Å². The van der Waals surface area contributed by atoms with Crippen molar-refractivity contribution in [2.45, 2.75) is 19.4 Å². The van der Waals surface area contributed by atoms with E-state index in [1.807, 2.05) is 13.8 Å². The maximum absolute atomic E-state index is 10.9. The van der Waals surface area contributed by atoms with Crippen LogP contribution in [0.15, 0.2) is 18.2 Å². The minimum Gasteiger partial charge on any atom is -0.484 e. The molecule has 2 rings (SSSR count). The summed E-state index contributed by atoms with van der Waals surface area (Å²) in [4.78, 5) is 12.6. The van der Waals surface area contributed by atoms with E-state index in [-0.39, 0.29) is 6.54 Å². The number of hydrogen-bond donors (Lipinski definition) is 2. The Hall–Kier alpha value is -1.91. The van der Waals surface area contributed by atoms with E-state index in [1.165, 1.54) is 0 Å². The van der Waals surface area contributed by atoms with Gasteiger partial charge in [0.25, 0.3) is 0 Å². The molecule has 0 aromatic heterocycles. The highest BCUT2D eigenvalue weighted by atomic mass is 16.5. The van der Waals surface area contributed by atoms with Gasteiger partial charge >= 0.3 is 5.97 Å². The average molecular weight is 236 g/mol. The van der Waals surface area contributed by atoms with Gasteiger partial charge in [-0.15, -0.1) is 0 Å². The Kier molecular flexibility index (Phi) is 2.61. The normalized spacial score (nSPS) is 17.2. The first kappa shape index (κ1) is 11.6. The number of carbonyl (C=O) groups is 1. The van der Waals surface area contributed by atoms with E-state index in [4.69, 9.17) is 15.6 Å². The minimum absolute atomic E-state index is 0.0523. The molecule has 1 aliphatic rings. The van der Waals surface area contributed by atoms with Gasteiger partial charge < -0.3 is 20.5 Å². The molecule has 0 spiro atoms. The first-order chi connectivity index (χ1) is 7.87. The second kappa shape index (κ2) is 3.84. The van der Waals surface area contributed by atoms with Crippen molar-refractivity contribution in [1.82, 2.24) is 0 Å². The molecule has 0 aliphatic carbocycles. The van der Waals surface area contributed by atoms with Crippen LogP contribution in [-0.2, 0) is 4.79 Å². The Bertz CT molecular complexity index is 457. The number of anilines is 2. The van der Waals surface area contributed by atoms with Gasteiger partial charge in [0.05, 0.1) is 12.2 Å². The number of nitrogens with two attached hydrogens (primary N) is 1. The Morgan fingerprint density at radius 2 is 2.29 bits per heavy atom. The lowest BCUT2D eigenvalue weighted by Crippen LogP contribution is -2.48. The van der Waals surface area contributed by atoms with Crippen molar-refractivity contribution in [1.29, 1.82) is 0 Å². The Labute approximate surface area is 99.8 Å². The van der Waals surface area contributed by atoms with Crippen LogP contribution in [0.5, 0.6) is 5.75 Å². The zero-order valence-corrected chi connectivity index (χ0v) is 9.93. The van der Waals surface area contributed by atoms with E-state index >= 15 is 0 Å². The number of carboxylic acid groups (broad SMARTS) is 1. The van der Waals surface area contributed by atoms with Crippen LogP contribution < -0.4 is 15.4 Å². The summed E-state index contributed by atoms with van der Waals surface area (Å²) in [6.45, 7) is 4.33. The van der Waals surface area contributed by atoms with E-state index < -0.39 is 11.6 Å². The molecule has 1 heterocycles. The van der Waals surface area contributed by atoms with Crippen molar-refractivity contribution in [2.24, 2.45) is 0 Å². The summed E-state index contributed by atoms with van der Waals surface area (Å²) >= 11 is 0. The molecule has 0 saturated heterocycles. The topological polar surface area (TPSA) is 75.8 Å². The molecule has 5 nitrogen and oxygen atoms in total. The monoisotopic (exact) mass is 236 g/mol. The van der Waals surface area contributed by atoms with Crippen LogP contribution in [0.1, 0.15) is 13.8 Å². The lowest BCUT2D eigenvalue weighted by molar-refractivity contribution is -0.135. The molecule has 3 N–H and O–H groups in total. The number of carboxylic acids is 1. The fourth-order valence-electron chi connectivity index (χ4n) is 2.05. The van der Waals surface area contributed by atoms with Crippen molar-refractivity contribution in [3.05, 3.63) is 18.2 Å². The molecule has 0 fully saturated rings. The van der Waals surface area contributed by atoms with Crippen LogP contribution >= 0.6 is 0 Å². The number of aliphatic carboxylic acids is 1. The number of nitrogen functional groups attached to an aromatic ring is 1. The maximum atomic E-state index is 10.9. The summed E-state index contributed by atoms with van der Waals surface area (Å²) in [5.41, 5.74) is 6.65. The van der Waals surface area contributed by atoms with E-state index in [0.717, 1.165) is 5.69 Å². The van der Waals surface area contributed by atoms with Gasteiger partial charge in [-0.05, 0) is 32.0 Å². The van der Waals surface area contributed by atoms with Crippen LogP contribution in [0, 0.1) is 0 Å². The number of nitrogens with zero attached hydrogens (tertiary/aromatic N) is 1. The van der Waals surface area contributed by atoms with Crippen LogP contribution in [0.3, 0.4) is 0 Å². The van der Waals surface area contributed by atoms with Crippen molar-refractivity contribution in [3.63, 3.8) is 0 Å². The number of hydrogen-bond acceptors (Lipinski definition) is 4. The van der Waals surface area contributed by atoms with Gasteiger partial charge in [-0.2, -0.15) is 0 Å². The first-order valence-electron chi connectivity index (χ1n) is 5.43. The van der Waals surface area contributed by atoms with E-state index in [9.17, 15) is 4.79 Å². The number of fused-ring (bicyclic) bond motifs is 1. The van der Waals surface area contributed by atoms with Crippen LogP contribution in [0.4, 0.5) is 11.4 Å². The number of rotatable bonds is 2. The summed E-state index contributed by atoms with van der Waals surface area (Å²) in [6, 6.07) is 5.27. The van der Waals surface area contributed by atoms with Gasteiger partial charge in [-0.3, -0.25) is 4.79 Å². The first-order valence-corrected chi connectivity index (χ1v) is 5.43. The highest BCUT2D eigenvalue weighted by molar-refractivity contribution is 5.77. The van der Waals surface area contributed by atoms with E-state index in [2.05, 4.69) is 0 Å². The van der Waals surface area contributed by atoms with Gasteiger partial charge in [0.1, 0.15) is 17.9 Å². The molecule has 1 aliphatic heterocycles. The molecule has 0 radical (unpaired) electrons. The van der Waals surface area contributed by atoms with Gasteiger partial charge in [-0.25, -0.2) is 0 Å². The number of ether oxygens (including phenoxy) is 1. The molecule has 1 aromatic rings. The highest BCUT2D eigenvalue weighted by Gasteiger charge is 2.32. The van der Waals surface area contributed by atoms with Gasteiger partial charge in [-0.1, -0.05) is 0 Å². The standard InChI is InChI=1S/C12H16N2O3/c1-12(2)7-14(6-11(15)16)9-5-8(13)3-4-10(9)17-12/h3-5H,6-7,13H2,1-2H3,(H,15,16). The quantitative estimate of drug-likeness (QED) is 0.758. The number of benzene rings is 1. The molecule has 17 heavy (non-hydrogen) atoms. The molecule has 5 heteroatoms. The van der Waals surface area contributed by atoms with Crippen molar-refractivity contribution < 1.29 is 14.6 Å². The van der Waals surface area contributed by atoms with E-state index in [0.29, 0.717) is 18.0 Å². The molecule has 0 amide bonds. The van der Waals surface area contributed by atoms with Crippen molar-refractivity contribution in [2.75, 3.05) is 23.7 Å². The average Bonchev–Trinajstić information content (AvgIpc) is 2.17. The molecule has 0 bridgehead atoms. The molecule has 0 saturated carbocycles. The molecule has 0 unspecified atom stereocenters. The minimum atomic E-state index is -0.865. The fraction of sp³-hybridized carbons (Fsp3) is 0.417. The smallest absolute Gasteiger partial charge is 0.323 e. The Balaban J connectivity index is 2.40. The molecule has 0 atom stereocenters. The molecule has 92 valence electrons. The second-order valence-corrected chi connectivity index (χ2v) is 4.84. The SMILES string of the molecule is CC1(C)CN(CC(=O)O)c2cc(N)ccc2O1. The third-order valence-electron chi connectivity index (χ3n) is 2.61. The van der Waals surface area contributed by atoms with Crippen LogP contribution in [-0.4, -0.2) is 29.8 Å². The maximum Gasteiger partial charge on any atom is 0.323 e. The lowest BCUT2D eigenvalue weighted by atomic mass is 10.0. The predicted molar refractivity (Wildman–Crippen MR) is 65.4 cm³/mol. The third-order valence-corrected chi connectivity index (χ3v) is 2.61. The largest absolute Gasteiger partial charge is 0.484 e.